The first-order valence-corrected chi connectivity index (χ1v) is 10.3. The van der Waals surface area contributed by atoms with E-state index in [0.717, 1.165) is 38.8 Å². The second-order valence-electron chi connectivity index (χ2n) is 9.19. The van der Waals surface area contributed by atoms with Gasteiger partial charge in [0.25, 0.3) is 5.82 Å². The van der Waals surface area contributed by atoms with Crippen LogP contribution in [0.3, 0.4) is 0 Å². The number of rotatable bonds is 1. The fourth-order valence-corrected chi connectivity index (χ4v) is 4.26. The van der Waals surface area contributed by atoms with Crippen LogP contribution in [0.15, 0.2) is 46.9 Å². The minimum atomic E-state index is -2.32. The van der Waals surface area contributed by atoms with Crippen LogP contribution in [0.2, 0.25) is 0 Å². The summed E-state index contributed by atoms with van der Waals surface area (Å²) in [4.78, 5) is 4.57. The van der Waals surface area contributed by atoms with Gasteiger partial charge >= 0.3 is 0 Å². The van der Waals surface area contributed by atoms with Crippen molar-refractivity contribution in [2.45, 2.75) is 47.0 Å². The largest absolute Gasteiger partial charge is 0.433 e. The van der Waals surface area contributed by atoms with Crippen LogP contribution >= 0.6 is 0 Å². The van der Waals surface area contributed by atoms with Crippen molar-refractivity contribution < 1.29 is 13.1 Å². The molecule has 0 spiro atoms. The Morgan fingerprint density at radius 3 is 2.50 bits per heavy atom. The summed E-state index contributed by atoms with van der Waals surface area (Å²) in [5, 5.41) is 1.91. The van der Waals surface area contributed by atoms with Crippen molar-refractivity contribution in [3.8, 4) is 5.69 Å². The zero-order chi connectivity index (χ0) is 23.9. The van der Waals surface area contributed by atoms with Crippen molar-refractivity contribution in [1.29, 1.82) is 0 Å². The van der Waals surface area contributed by atoms with Crippen LogP contribution in [0.5, 0.6) is 0 Å². The molecular weight excluding hydrogens is 370 g/mol. The molecule has 30 heavy (non-hydrogen) atoms. The van der Waals surface area contributed by atoms with E-state index >= 15 is 0 Å². The van der Waals surface area contributed by atoms with Crippen LogP contribution in [0.4, 0.5) is 0 Å². The Hall–Kier alpha value is -3.14. The molecule has 5 aromatic rings. The van der Waals surface area contributed by atoms with Crippen LogP contribution in [-0.2, 0) is 12.4 Å². The molecule has 3 aromatic heterocycles. The Labute approximate surface area is 181 Å². The van der Waals surface area contributed by atoms with Gasteiger partial charge in [-0.2, -0.15) is 4.57 Å². The molecule has 3 heterocycles. The molecule has 4 nitrogen and oxygen atoms in total. The molecule has 5 rings (SSSR count). The van der Waals surface area contributed by atoms with Gasteiger partial charge in [0.05, 0.1) is 11.1 Å². The SMILES string of the molecule is [2H]C([2H])([2H])n1c(C)[n+](-c2c(C)ccc3c2oc2nc(C)ccc23)c2ccc(C(C)(C)C)cc21. The van der Waals surface area contributed by atoms with E-state index in [4.69, 9.17) is 8.53 Å². The topological polar surface area (TPSA) is 34.8 Å². The number of imidazole rings is 1. The monoisotopic (exact) mass is 401 g/mol. The first-order valence-electron chi connectivity index (χ1n) is 11.8. The number of furan rings is 1. The van der Waals surface area contributed by atoms with Crippen molar-refractivity contribution in [2.24, 2.45) is 6.98 Å². The van der Waals surface area contributed by atoms with Gasteiger partial charge in [0.1, 0.15) is 0 Å². The quantitative estimate of drug-likeness (QED) is 0.324. The summed E-state index contributed by atoms with van der Waals surface area (Å²) >= 11 is 0. The second kappa shape index (κ2) is 6.18. The molecule has 0 saturated heterocycles. The van der Waals surface area contributed by atoms with Crippen molar-refractivity contribution in [1.82, 2.24) is 9.55 Å². The third-order valence-corrected chi connectivity index (χ3v) is 6.02. The Balaban J connectivity index is 1.94. The maximum Gasteiger partial charge on any atom is 0.259 e. The average molecular weight is 402 g/mol. The molecule has 0 aliphatic rings. The highest BCUT2D eigenvalue weighted by Crippen LogP contribution is 2.33. The number of hydrogen-bond acceptors (Lipinski definition) is 2. The Bertz CT molecular complexity index is 1570. The summed E-state index contributed by atoms with van der Waals surface area (Å²) in [6, 6.07) is 14.2. The van der Waals surface area contributed by atoms with Crippen LogP contribution in [0, 0.1) is 20.8 Å². The molecule has 152 valence electrons. The van der Waals surface area contributed by atoms with E-state index in [1.807, 2.05) is 55.7 Å². The molecule has 0 atom stereocenters. The van der Waals surface area contributed by atoms with E-state index in [0.29, 0.717) is 22.6 Å². The van der Waals surface area contributed by atoms with E-state index < -0.39 is 6.98 Å². The maximum atomic E-state index is 8.28. The Morgan fingerprint density at radius 2 is 1.77 bits per heavy atom. The number of nitrogens with zero attached hydrogens (tertiary/aromatic N) is 3. The number of hydrogen-bond donors (Lipinski definition) is 0. The van der Waals surface area contributed by atoms with Gasteiger partial charge in [-0.15, -0.1) is 0 Å². The maximum absolute atomic E-state index is 8.28. The number of benzene rings is 2. The molecule has 0 amide bonds. The molecule has 0 unspecified atom stereocenters. The molecule has 2 aromatic carbocycles. The van der Waals surface area contributed by atoms with Crippen molar-refractivity contribution in [3.05, 3.63) is 65.1 Å². The van der Waals surface area contributed by atoms with Gasteiger partial charge < -0.3 is 4.42 Å². The molecule has 4 heteroatoms. The third kappa shape index (κ3) is 2.59. The molecule has 0 aliphatic heterocycles. The summed E-state index contributed by atoms with van der Waals surface area (Å²) in [5.74, 6) is 0.622. The zero-order valence-electron chi connectivity index (χ0n) is 21.3. The lowest BCUT2D eigenvalue weighted by atomic mass is 9.87. The van der Waals surface area contributed by atoms with E-state index in [-0.39, 0.29) is 5.41 Å². The predicted octanol–water partition coefficient (Wildman–Crippen LogP) is 5.97. The van der Waals surface area contributed by atoms with Gasteiger partial charge in [0.15, 0.2) is 22.3 Å². The van der Waals surface area contributed by atoms with Crippen molar-refractivity contribution in [2.75, 3.05) is 0 Å². The van der Waals surface area contributed by atoms with Crippen molar-refractivity contribution >= 4 is 33.1 Å². The first kappa shape index (κ1) is 15.7. The lowest BCUT2D eigenvalue weighted by Crippen LogP contribution is -2.34. The summed E-state index contributed by atoms with van der Waals surface area (Å²) in [6.45, 7) is 9.89. The van der Waals surface area contributed by atoms with Gasteiger partial charge in [-0.3, -0.25) is 0 Å². The fourth-order valence-electron chi connectivity index (χ4n) is 4.26. The van der Waals surface area contributed by atoms with E-state index in [2.05, 4.69) is 37.9 Å². The molecule has 0 aliphatic carbocycles. The number of fused-ring (bicyclic) bond motifs is 4. The van der Waals surface area contributed by atoms with Crippen molar-refractivity contribution in [3.63, 3.8) is 0 Å². The van der Waals surface area contributed by atoms with E-state index in [1.54, 1.807) is 0 Å². The summed E-state index contributed by atoms with van der Waals surface area (Å²) < 4.78 is 34.6. The normalized spacial score (nSPS) is 14.4. The van der Waals surface area contributed by atoms with Gasteiger partial charge in [-0.1, -0.05) is 32.9 Å². The zero-order valence-corrected chi connectivity index (χ0v) is 18.3. The standard InChI is InChI=1S/C26H28N3O/c1-15-8-11-19-20-12-9-16(2)27-25(20)30-24(19)23(15)29-17(3)28(7)22-14-18(26(4,5)6)10-13-21(22)29/h8-14H,1-7H3/q+1/i7D3. The highest BCUT2D eigenvalue weighted by atomic mass is 16.3. The minimum Gasteiger partial charge on any atom is -0.433 e. The van der Waals surface area contributed by atoms with Crippen LogP contribution < -0.4 is 4.57 Å². The second-order valence-corrected chi connectivity index (χ2v) is 9.19. The predicted molar refractivity (Wildman–Crippen MR) is 122 cm³/mol. The molecule has 0 fully saturated rings. The van der Waals surface area contributed by atoms with Gasteiger partial charge in [-0.05, 0) is 55.2 Å². The summed E-state index contributed by atoms with van der Waals surface area (Å²) in [5.41, 5.74) is 6.52. The average Bonchev–Trinajstić information content (AvgIpc) is 3.20. The molecule has 0 saturated carbocycles. The van der Waals surface area contributed by atoms with Crippen LogP contribution in [0.25, 0.3) is 38.8 Å². The fraction of sp³-hybridized carbons (Fsp3) is 0.308. The molecular formula is C26H28N3O+. The van der Waals surface area contributed by atoms with Gasteiger partial charge in [0, 0.05) is 29.0 Å². The smallest absolute Gasteiger partial charge is 0.259 e. The molecule has 0 bridgehead atoms. The Morgan fingerprint density at radius 1 is 1.00 bits per heavy atom. The molecule has 0 N–H and O–H groups in total. The first-order chi connectivity index (χ1) is 15.4. The highest BCUT2D eigenvalue weighted by Gasteiger charge is 2.27. The van der Waals surface area contributed by atoms with Gasteiger partial charge in [0.2, 0.25) is 5.71 Å². The third-order valence-electron chi connectivity index (χ3n) is 6.02. The summed E-state index contributed by atoms with van der Waals surface area (Å²) in [6.07, 6.45) is 0. The number of pyridine rings is 1. The minimum absolute atomic E-state index is 0.102. The lowest BCUT2D eigenvalue weighted by Gasteiger charge is -2.18. The van der Waals surface area contributed by atoms with Crippen LogP contribution in [0.1, 0.15) is 47.5 Å². The van der Waals surface area contributed by atoms with E-state index in [9.17, 15) is 0 Å². The Kier molecular flexibility index (Phi) is 3.23. The highest BCUT2D eigenvalue weighted by molar-refractivity contribution is 6.06. The number of aromatic nitrogens is 3. The van der Waals surface area contributed by atoms with Crippen LogP contribution in [-0.4, -0.2) is 9.55 Å². The summed E-state index contributed by atoms with van der Waals surface area (Å²) in [7, 11) is 0. The van der Waals surface area contributed by atoms with E-state index in [1.165, 1.54) is 4.57 Å². The number of aryl methyl sites for hydroxylation is 3. The molecule has 0 radical (unpaired) electrons. The lowest BCUT2D eigenvalue weighted by molar-refractivity contribution is -0.575. The van der Waals surface area contributed by atoms with Gasteiger partial charge in [-0.25, -0.2) is 9.55 Å².